The molecule has 0 aliphatic rings. The number of nitrogens with one attached hydrogen (secondary N) is 1. The molecule has 0 aliphatic heterocycles. The SMILES string of the molecule is CC(=O)c1ccc(NC(=O)c2c(Cl)cccc2Cl)cc1. The van der Waals surface area contributed by atoms with Crippen molar-refractivity contribution in [3.63, 3.8) is 0 Å². The van der Waals surface area contributed by atoms with E-state index >= 15 is 0 Å². The molecule has 0 aliphatic carbocycles. The van der Waals surface area contributed by atoms with E-state index in [-0.39, 0.29) is 21.4 Å². The van der Waals surface area contributed by atoms with Crippen LogP contribution in [0.15, 0.2) is 42.5 Å². The maximum atomic E-state index is 12.1. The summed E-state index contributed by atoms with van der Waals surface area (Å²) in [6.07, 6.45) is 0. The van der Waals surface area contributed by atoms with Crippen LogP contribution in [-0.2, 0) is 0 Å². The molecule has 0 unspecified atom stereocenters. The molecule has 2 rings (SSSR count). The lowest BCUT2D eigenvalue weighted by molar-refractivity contribution is 0.101. The second-order valence-corrected chi connectivity index (χ2v) is 5.00. The first-order valence-electron chi connectivity index (χ1n) is 5.85. The van der Waals surface area contributed by atoms with Crippen LogP contribution in [0.1, 0.15) is 27.6 Å². The number of ketones is 1. The third-order valence-electron chi connectivity index (χ3n) is 2.74. The molecule has 0 heterocycles. The second kappa shape index (κ2) is 6.07. The monoisotopic (exact) mass is 307 g/mol. The van der Waals surface area contributed by atoms with Crippen LogP contribution in [0.2, 0.25) is 10.0 Å². The van der Waals surface area contributed by atoms with Gasteiger partial charge in [-0.05, 0) is 43.3 Å². The first kappa shape index (κ1) is 14.6. The Morgan fingerprint density at radius 3 is 2.00 bits per heavy atom. The summed E-state index contributed by atoms with van der Waals surface area (Å²) in [5, 5.41) is 3.26. The van der Waals surface area contributed by atoms with E-state index in [1.807, 2.05) is 0 Å². The van der Waals surface area contributed by atoms with Gasteiger partial charge in [0.05, 0.1) is 15.6 Å². The minimum absolute atomic E-state index is 0.0305. The van der Waals surface area contributed by atoms with Crippen molar-refractivity contribution in [3.05, 3.63) is 63.6 Å². The summed E-state index contributed by atoms with van der Waals surface area (Å²) in [6.45, 7) is 1.48. The Bertz CT molecular complexity index is 646. The van der Waals surface area contributed by atoms with Crippen LogP contribution in [0.25, 0.3) is 0 Å². The summed E-state index contributed by atoms with van der Waals surface area (Å²) in [5.41, 5.74) is 1.38. The Kier molecular flexibility index (Phi) is 4.42. The molecule has 1 N–H and O–H groups in total. The normalized spacial score (nSPS) is 10.2. The van der Waals surface area contributed by atoms with Crippen LogP contribution < -0.4 is 5.32 Å². The van der Waals surface area contributed by atoms with Gasteiger partial charge in [-0.25, -0.2) is 0 Å². The van der Waals surface area contributed by atoms with E-state index in [1.165, 1.54) is 6.92 Å². The molecule has 0 spiro atoms. The number of hydrogen-bond donors (Lipinski definition) is 1. The molecule has 0 fully saturated rings. The van der Waals surface area contributed by atoms with Crippen LogP contribution in [0.4, 0.5) is 5.69 Å². The van der Waals surface area contributed by atoms with Gasteiger partial charge < -0.3 is 5.32 Å². The Balaban J connectivity index is 2.21. The van der Waals surface area contributed by atoms with Gasteiger partial charge in [-0.2, -0.15) is 0 Å². The fourth-order valence-electron chi connectivity index (χ4n) is 1.70. The number of carbonyl (C=O) groups excluding carboxylic acids is 2. The Hall–Kier alpha value is -1.84. The maximum absolute atomic E-state index is 12.1. The molecule has 0 saturated heterocycles. The highest BCUT2D eigenvalue weighted by atomic mass is 35.5. The van der Waals surface area contributed by atoms with Gasteiger partial charge in [0.2, 0.25) is 0 Å². The minimum atomic E-state index is -0.392. The number of carbonyl (C=O) groups is 2. The predicted molar refractivity (Wildman–Crippen MR) is 80.9 cm³/mol. The van der Waals surface area contributed by atoms with Crippen molar-refractivity contribution in [1.82, 2.24) is 0 Å². The lowest BCUT2D eigenvalue weighted by Gasteiger charge is -2.08. The first-order chi connectivity index (χ1) is 9.49. The number of benzene rings is 2. The largest absolute Gasteiger partial charge is 0.322 e. The number of anilines is 1. The first-order valence-corrected chi connectivity index (χ1v) is 6.61. The van der Waals surface area contributed by atoms with Crippen LogP contribution in [0, 0.1) is 0 Å². The van der Waals surface area contributed by atoms with Gasteiger partial charge in [-0.1, -0.05) is 29.3 Å². The van der Waals surface area contributed by atoms with Gasteiger partial charge in [0.15, 0.2) is 5.78 Å². The number of halogens is 2. The van der Waals surface area contributed by atoms with E-state index in [0.29, 0.717) is 11.3 Å². The van der Waals surface area contributed by atoms with E-state index in [0.717, 1.165) is 0 Å². The molecule has 20 heavy (non-hydrogen) atoms. The number of rotatable bonds is 3. The predicted octanol–water partition coefficient (Wildman–Crippen LogP) is 4.45. The van der Waals surface area contributed by atoms with Gasteiger partial charge in [0.1, 0.15) is 0 Å². The fourth-order valence-corrected chi connectivity index (χ4v) is 2.27. The van der Waals surface area contributed by atoms with Crippen LogP contribution in [0.5, 0.6) is 0 Å². The average molecular weight is 308 g/mol. The van der Waals surface area contributed by atoms with Gasteiger partial charge in [-0.15, -0.1) is 0 Å². The molecule has 0 aromatic heterocycles. The highest BCUT2D eigenvalue weighted by molar-refractivity contribution is 6.40. The topological polar surface area (TPSA) is 46.2 Å². The molecule has 0 bridgehead atoms. The second-order valence-electron chi connectivity index (χ2n) is 4.18. The summed E-state index contributed by atoms with van der Waals surface area (Å²) >= 11 is 11.9. The Morgan fingerprint density at radius 2 is 1.50 bits per heavy atom. The van der Waals surface area contributed by atoms with E-state index < -0.39 is 5.91 Å². The number of hydrogen-bond acceptors (Lipinski definition) is 2. The van der Waals surface area contributed by atoms with Crippen molar-refractivity contribution in [3.8, 4) is 0 Å². The molecule has 0 saturated carbocycles. The highest BCUT2D eigenvalue weighted by Crippen LogP contribution is 2.25. The molecule has 2 aromatic carbocycles. The third kappa shape index (κ3) is 3.18. The smallest absolute Gasteiger partial charge is 0.258 e. The van der Waals surface area contributed by atoms with Crippen molar-refractivity contribution < 1.29 is 9.59 Å². The Morgan fingerprint density at radius 1 is 0.950 bits per heavy atom. The van der Waals surface area contributed by atoms with E-state index in [2.05, 4.69) is 5.32 Å². The molecular weight excluding hydrogens is 297 g/mol. The van der Waals surface area contributed by atoms with Crippen molar-refractivity contribution in [2.24, 2.45) is 0 Å². The summed E-state index contributed by atoms with van der Waals surface area (Å²) < 4.78 is 0. The number of amides is 1. The highest BCUT2D eigenvalue weighted by Gasteiger charge is 2.14. The van der Waals surface area contributed by atoms with Gasteiger partial charge in [0.25, 0.3) is 5.91 Å². The van der Waals surface area contributed by atoms with E-state index in [1.54, 1.807) is 42.5 Å². The minimum Gasteiger partial charge on any atom is -0.322 e. The lowest BCUT2D eigenvalue weighted by atomic mass is 10.1. The summed E-state index contributed by atoms with van der Waals surface area (Å²) in [6, 6.07) is 11.5. The van der Waals surface area contributed by atoms with Gasteiger partial charge in [0, 0.05) is 11.3 Å². The fraction of sp³-hybridized carbons (Fsp3) is 0.0667. The summed E-state index contributed by atoms with van der Waals surface area (Å²) in [4.78, 5) is 23.3. The molecule has 102 valence electrons. The molecule has 1 amide bonds. The zero-order valence-corrected chi connectivity index (χ0v) is 12.1. The van der Waals surface area contributed by atoms with Crippen LogP contribution in [-0.4, -0.2) is 11.7 Å². The Labute approximate surface area is 126 Å². The molecule has 5 heteroatoms. The van der Waals surface area contributed by atoms with Crippen molar-refractivity contribution >= 4 is 40.6 Å². The van der Waals surface area contributed by atoms with Crippen molar-refractivity contribution in [2.45, 2.75) is 6.92 Å². The number of Topliss-reactive ketones (excluding diaryl/α,β-unsaturated/α-hetero) is 1. The van der Waals surface area contributed by atoms with Gasteiger partial charge in [-0.3, -0.25) is 9.59 Å². The quantitative estimate of drug-likeness (QED) is 0.852. The van der Waals surface area contributed by atoms with Crippen molar-refractivity contribution in [1.29, 1.82) is 0 Å². The maximum Gasteiger partial charge on any atom is 0.258 e. The zero-order chi connectivity index (χ0) is 14.7. The van der Waals surface area contributed by atoms with Gasteiger partial charge >= 0.3 is 0 Å². The molecule has 0 atom stereocenters. The lowest BCUT2D eigenvalue weighted by Crippen LogP contribution is -2.13. The standard InChI is InChI=1S/C15H11Cl2NO2/c1-9(19)10-5-7-11(8-6-10)18-15(20)14-12(16)3-2-4-13(14)17/h2-8H,1H3,(H,18,20). The zero-order valence-electron chi connectivity index (χ0n) is 10.6. The molecule has 0 radical (unpaired) electrons. The van der Waals surface area contributed by atoms with Crippen molar-refractivity contribution in [2.75, 3.05) is 5.32 Å². The summed E-state index contributed by atoms with van der Waals surface area (Å²) in [7, 11) is 0. The summed E-state index contributed by atoms with van der Waals surface area (Å²) in [5.74, 6) is -0.423. The molecule has 2 aromatic rings. The average Bonchev–Trinajstić information content (AvgIpc) is 2.39. The van der Waals surface area contributed by atoms with E-state index in [4.69, 9.17) is 23.2 Å². The molecular formula is C15H11Cl2NO2. The third-order valence-corrected chi connectivity index (χ3v) is 3.37. The van der Waals surface area contributed by atoms with Crippen LogP contribution in [0.3, 0.4) is 0 Å². The molecule has 3 nitrogen and oxygen atoms in total. The van der Waals surface area contributed by atoms with Crippen LogP contribution >= 0.6 is 23.2 Å². The van der Waals surface area contributed by atoms with E-state index in [9.17, 15) is 9.59 Å².